The van der Waals surface area contributed by atoms with Gasteiger partial charge in [-0.1, -0.05) is 60.2 Å². The van der Waals surface area contributed by atoms with Crippen molar-refractivity contribution in [2.24, 2.45) is 0 Å². The van der Waals surface area contributed by atoms with E-state index in [-0.39, 0.29) is 0 Å². The molecule has 0 atom stereocenters. The van der Waals surface area contributed by atoms with Gasteiger partial charge in [0.05, 0.1) is 23.4 Å². The molecule has 0 bridgehead atoms. The second-order valence-corrected chi connectivity index (χ2v) is 7.32. The molecular weight excluding hydrogens is 372 g/mol. The lowest BCUT2D eigenvalue weighted by Gasteiger charge is -2.07. The number of thioether (sulfide) groups is 1. The number of para-hydroxylation sites is 2. The molecule has 0 aliphatic carbocycles. The topological polar surface area (TPSA) is 66.0 Å². The van der Waals surface area contributed by atoms with E-state index in [4.69, 9.17) is 14.2 Å². The second kappa shape index (κ2) is 8.58. The Hall–Kier alpha value is -2.64. The first kappa shape index (κ1) is 18.7. The predicted octanol–water partition coefficient (Wildman–Crippen LogP) is 4.59. The van der Waals surface area contributed by atoms with Crippen LogP contribution in [0.5, 0.6) is 0 Å². The molecule has 0 fully saturated rings. The van der Waals surface area contributed by atoms with Gasteiger partial charge in [-0.05, 0) is 24.1 Å². The van der Waals surface area contributed by atoms with E-state index < -0.39 is 0 Å². The molecule has 0 N–H and O–H groups in total. The van der Waals surface area contributed by atoms with Crippen molar-refractivity contribution in [3.63, 3.8) is 0 Å². The maximum Gasteiger partial charge on any atom is 0.237 e. The van der Waals surface area contributed by atoms with E-state index in [1.54, 1.807) is 18.9 Å². The molecular formula is C21H22N4O2S. The Balaban J connectivity index is 1.51. The van der Waals surface area contributed by atoms with Gasteiger partial charge in [-0.25, -0.2) is 4.98 Å². The first-order chi connectivity index (χ1) is 13.8. The van der Waals surface area contributed by atoms with Crippen molar-refractivity contribution in [2.45, 2.75) is 30.8 Å². The summed E-state index contributed by atoms with van der Waals surface area (Å²) in [6, 6.07) is 16.4. The Morgan fingerprint density at radius 1 is 1.07 bits per heavy atom. The first-order valence-electron chi connectivity index (χ1n) is 9.27. The molecule has 0 amide bonds. The molecule has 0 aliphatic rings. The number of aryl methyl sites for hydroxylation is 1. The molecule has 6 nitrogen and oxygen atoms in total. The van der Waals surface area contributed by atoms with Gasteiger partial charge in [-0.15, -0.1) is 0 Å². The minimum Gasteiger partial charge on any atom is -0.383 e. The molecule has 0 saturated heterocycles. The Morgan fingerprint density at radius 2 is 1.89 bits per heavy atom. The number of nitrogens with zero attached hydrogens (tertiary/aromatic N) is 4. The average Bonchev–Trinajstić information content (AvgIpc) is 3.35. The smallest absolute Gasteiger partial charge is 0.237 e. The molecule has 0 spiro atoms. The third kappa shape index (κ3) is 3.95. The van der Waals surface area contributed by atoms with Crippen LogP contribution < -0.4 is 0 Å². The average molecular weight is 395 g/mol. The summed E-state index contributed by atoms with van der Waals surface area (Å²) in [5.41, 5.74) is 4.33. The van der Waals surface area contributed by atoms with Crippen LogP contribution in [-0.4, -0.2) is 33.4 Å². The summed E-state index contributed by atoms with van der Waals surface area (Å²) in [6.07, 6.45) is 1.01. The Morgan fingerprint density at radius 3 is 2.68 bits per heavy atom. The second-order valence-electron chi connectivity index (χ2n) is 6.38. The number of methoxy groups -OCH3 is 1. The monoisotopic (exact) mass is 394 g/mol. The Bertz CT molecular complexity index is 1060. The fourth-order valence-electron chi connectivity index (χ4n) is 3.01. The highest BCUT2D eigenvalue weighted by molar-refractivity contribution is 7.98. The third-order valence-electron chi connectivity index (χ3n) is 4.55. The van der Waals surface area contributed by atoms with Crippen molar-refractivity contribution >= 4 is 22.8 Å². The third-order valence-corrected chi connectivity index (χ3v) is 5.51. The fraction of sp³-hybridized carbons (Fsp3) is 0.286. The van der Waals surface area contributed by atoms with Crippen molar-refractivity contribution in [2.75, 3.05) is 13.7 Å². The van der Waals surface area contributed by atoms with Crippen LogP contribution in [0.15, 0.2) is 58.2 Å². The van der Waals surface area contributed by atoms with Gasteiger partial charge in [0.25, 0.3) is 0 Å². The van der Waals surface area contributed by atoms with E-state index in [1.807, 2.05) is 30.3 Å². The summed E-state index contributed by atoms with van der Waals surface area (Å²) in [7, 11) is 1.71. The summed E-state index contributed by atoms with van der Waals surface area (Å²) >= 11 is 1.59. The van der Waals surface area contributed by atoms with Gasteiger partial charge >= 0.3 is 0 Å². The van der Waals surface area contributed by atoms with Crippen molar-refractivity contribution in [1.29, 1.82) is 0 Å². The standard InChI is InChI=1S/C21H22N4O2S/c1-3-15-8-10-16(11-9-15)20-23-19(27-24-20)14-28-21-22-17-6-4-5-7-18(17)25(21)12-13-26-2/h4-11H,3,12-14H2,1-2H3. The highest BCUT2D eigenvalue weighted by Gasteiger charge is 2.14. The lowest BCUT2D eigenvalue weighted by atomic mass is 10.1. The summed E-state index contributed by atoms with van der Waals surface area (Å²) in [5, 5.41) is 5.04. The molecule has 0 radical (unpaired) electrons. The van der Waals surface area contributed by atoms with Gasteiger partial charge in [0.2, 0.25) is 11.7 Å². The van der Waals surface area contributed by atoms with Gasteiger partial charge in [0.1, 0.15) is 0 Å². The number of imidazole rings is 1. The number of fused-ring (bicyclic) bond motifs is 1. The molecule has 2 aromatic heterocycles. The molecule has 28 heavy (non-hydrogen) atoms. The molecule has 144 valence electrons. The quantitative estimate of drug-likeness (QED) is 0.407. The number of aromatic nitrogens is 4. The van der Waals surface area contributed by atoms with Crippen LogP contribution in [0, 0.1) is 0 Å². The van der Waals surface area contributed by atoms with Crippen LogP contribution in [0.25, 0.3) is 22.4 Å². The van der Waals surface area contributed by atoms with Gasteiger partial charge < -0.3 is 13.8 Å². The molecule has 4 rings (SSSR count). The zero-order chi connectivity index (χ0) is 19.3. The number of ether oxygens (including phenoxy) is 1. The van der Waals surface area contributed by atoms with Crippen LogP contribution in [0.3, 0.4) is 0 Å². The molecule has 0 unspecified atom stereocenters. The van der Waals surface area contributed by atoms with E-state index >= 15 is 0 Å². The van der Waals surface area contributed by atoms with Crippen molar-refractivity contribution in [1.82, 2.24) is 19.7 Å². The maximum atomic E-state index is 5.45. The zero-order valence-electron chi connectivity index (χ0n) is 16.0. The molecule has 2 heterocycles. The van der Waals surface area contributed by atoms with E-state index in [0.29, 0.717) is 24.1 Å². The Labute approximate surface area is 167 Å². The van der Waals surface area contributed by atoms with E-state index in [1.165, 1.54) is 5.56 Å². The van der Waals surface area contributed by atoms with Crippen molar-refractivity contribution in [3.8, 4) is 11.4 Å². The van der Waals surface area contributed by atoms with Crippen LogP contribution in [0.1, 0.15) is 18.4 Å². The molecule has 0 saturated carbocycles. The molecule has 4 aromatic rings. The lowest BCUT2D eigenvalue weighted by Crippen LogP contribution is -2.05. The van der Waals surface area contributed by atoms with Crippen LogP contribution >= 0.6 is 11.8 Å². The van der Waals surface area contributed by atoms with E-state index in [0.717, 1.165) is 34.7 Å². The summed E-state index contributed by atoms with van der Waals surface area (Å²) in [6.45, 7) is 3.52. The highest BCUT2D eigenvalue weighted by Crippen LogP contribution is 2.27. The SMILES string of the molecule is CCc1ccc(-c2noc(CSc3nc4ccccc4n3CCOC)n2)cc1. The van der Waals surface area contributed by atoms with E-state index in [9.17, 15) is 0 Å². The Kier molecular flexibility index (Phi) is 5.73. The fourth-order valence-corrected chi connectivity index (χ4v) is 3.89. The highest BCUT2D eigenvalue weighted by atomic mass is 32.2. The minimum atomic E-state index is 0.566. The van der Waals surface area contributed by atoms with Crippen molar-refractivity contribution in [3.05, 3.63) is 60.0 Å². The lowest BCUT2D eigenvalue weighted by molar-refractivity contribution is 0.186. The molecule has 0 aliphatic heterocycles. The van der Waals surface area contributed by atoms with Gasteiger partial charge in [0, 0.05) is 19.2 Å². The van der Waals surface area contributed by atoms with Crippen LogP contribution in [0.4, 0.5) is 0 Å². The number of hydrogen-bond acceptors (Lipinski definition) is 6. The normalized spacial score (nSPS) is 11.4. The first-order valence-corrected chi connectivity index (χ1v) is 10.3. The maximum absolute atomic E-state index is 5.45. The number of benzene rings is 2. The van der Waals surface area contributed by atoms with Gasteiger partial charge in [-0.3, -0.25) is 0 Å². The zero-order valence-corrected chi connectivity index (χ0v) is 16.8. The van der Waals surface area contributed by atoms with E-state index in [2.05, 4.69) is 39.8 Å². The predicted molar refractivity (Wildman–Crippen MR) is 110 cm³/mol. The van der Waals surface area contributed by atoms with Gasteiger partial charge in [-0.2, -0.15) is 4.98 Å². The summed E-state index contributed by atoms with van der Waals surface area (Å²) in [4.78, 5) is 9.28. The van der Waals surface area contributed by atoms with Crippen molar-refractivity contribution < 1.29 is 9.26 Å². The largest absolute Gasteiger partial charge is 0.383 e. The number of rotatable bonds is 8. The minimum absolute atomic E-state index is 0.566. The molecule has 7 heteroatoms. The van der Waals surface area contributed by atoms with Gasteiger partial charge in [0.15, 0.2) is 5.16 Å². The molecule has 2 aromatic carbocycles. The van der Waals surface area contributed by atoms with Crippen LogP contribution in [-0.2, 0) is 23.5 Å². The number of hydrogen-bond donors (Lipinski definition) is 0. The van der Waals surface area contributed by atoms with Crippen LogP contribution in [0.2, 0.25) is 0 Å². The summed E-state index contributed by atoms with van der Waals surface area (Å²) < 4.78 is 12.9. The summed E-state index contributed by atoms with van der Waals surface area (Å²) in [5.74, 6) is 1.77.